The molecule has 1 aliphatic heterocycles. The molecule has 0 radical (unpaired) electrons. The highest BCUT2D eigenvalue weighted by Gasteiger charge is 2.40. The summed E-state index contributed by atoms with van der Waals surface area (Å²) >= 11 is 0. The fourth-order valence-electron chi connectivity index (χ4n) is 4.83. The summed E-state index contributed by atoms with van der Waals surface area (Å²) in [7, 11) is 0. The van der Waals surface area contributed by atoms with Crippen LogP contribution >= 0.6 is 24.8 Å². The number of nitrogens with zero attached hydrogens (tertiary/aromatic N) is 4. The van der Waals surface area contributed by atoms with Gasteiger partial charge in [0.15, 0.2) is 5.65 Å². The normalized spacial score (nSPS) is 22.8. The van der Waals surface area contributed by atoms with Crippen LogP contribution in [0.2, 0.25) is 0 Å². The number of rotatable bonds is 3. The number of hydrogen-bond acceptors (Lipinski definition) is 4. The second-order valence-corrected chi connectivity index (χ2v) is 8.15. The van der Waals surface area contributed by atoms with E-state index in [1.807, 2.05) is 33.7 Å². The number of benzene rings is 1. The molecule has 160 valence electrons. The molecule has 2 N–H and O–H groups in total. The van der Waals surface area contributed by atoms with E-state index in [1.165, 1.54) is 18.4 Å². The molecule has 1 saturated carbocycles. The van der Waals surface area contributed by atoms with Crippen LogP contribution < -0.4 is 5.73 Å². The highest BCUT2D eigenvalue weighted by Crippen LogP contribution is 2.36. The largest absolute Gasteiger partial charge is 0.338 e. The van der Waals surface area contributed by atoms with Gasteiger partial charge in [-0.2, -0.15) is 0 Å². The maximum absolute atomic E-state index is 13.0. The van der Waals surface area contributed by atoms with Gasteiger partial charge in [-0.25, -0.2) is 9.97 Å². The van der Waals surface area contributed by atoms with Crippen LogP contribution in [-0.4, -0.2) is 44.5 Å². The first kappa shape index (κ1) is 22.5. The Kier molecular flexibility index (Phi) is 7.01. The van der Waals surface area contributed by atoms with E-state index < -0.39 is 0 Å². The van der Waals surface area contributed by atoms with Crippen molar-refractivity contribution in [1.29, 1.82) is 0 Å². The van der Waals surface area contributed by atoms with E-state index in [-0.39, 0.29) is 36.8 Å². The number of carbonyl (C=O) groups is 1. The molecular formula is C22H27Cl2N5O. The summed E-state index contributed by atoms with van der Waals surface area (Å²) in [5.41, 5.74) is 9.67. The van der Waals surface area contributed by atoms with Crippen molar-refractivity contribution in [2.75, 3.05) is 13.1 Å². The predicted molar refractivity (Wildman–Crippen MR) is 122 cm³/mol. The van der Waals surface area contributed by atoms with Crippen molar-refractivity contribution < 1.29 is 4.79 Å². The Labute approximate surface area is 188 Å². The Morgan fingerprint density at radius 3 is 2.67 bits per heavy atom. The monoisotopic (exact) mass is 447 g/mol. The quantitative estimate of drug-likeness (QED) is 0.665. The molecule has 3 heterocycles. The minimum Gasteiger partial charge on any atom is -0.338 e. The van der Waals surface area contributed by atoms with Gasteiger partial charge in [0.25, 0.3) is 5.91 Å². The molecular weight excluding hydrogens is 421 g/mol. The number of aromatic nitrogens is 3. The van der Waals surface area contributed by atoms with Crippen molar-refractivity contribution in [1.82, 2.24) is 19.4 Å². The molecule has 6 nitrogen and oxygen atoms in total. The summed E-state index contributed by atoms with van der Waals surface area (Å²) < 4.78 is 2.02. The molecule has 1 saturated heterocycles. The maximum Gasteiger partial charge on any atom is 0.255 e. The zero-order valence-electron chi connectivity index (χ0n) is 16.7. The van der Waals surface area contributed by atoms with Crippen LogP contribution in [-0.2, 0) is 6.54 Å². The SMILES string of the molecule is Cl.Cl.N[C@@H]1CCC[C@@H]2CN(C(=O)c3cnc4c(c3)ncn4Cc3ccccc3)C[C@@H]21. The first-order valence-electron chi connectivity index (χ1n) is 10.1. The zero-order valence-corrected chi connectivity index (χ0v) is 18.3. The summed E-state index contributed by atoms with van der Waals surface area (Å²) in [4.78, 5) is 24.1. The standard InChI is InChI=1S/C22H25N5O.2ClH/c23-19-8-4-7-16-12-26(13-18(16)19)22(28)17-9-20-21(24-10-17)27(14-25-20)11-15-5-2-1-3-6-15;;/h1-3,5-6,9-10,14,16,18-19H,4,7-8,11-13,23H2;2*1H/t16-,18+,19-;;/m1../s1. The maximum atomic E-state index is 13.0. The van der Waals surface area contributed by atoms with E-state index >= 15 is 0 Å². The Morgan fingerprint density at radius 2 is 1.90 bits per heavy atom. The number of amides is 1. The third-order valence-corrected chi connectivity index (χ3v) is 6.34. The molecule has 0 spiro atoms. The van der Waals surface area contributed by atoms with Gasteiger partial charge in [-0.15, -0.1) is 24.8 Å². The Morgan fingerprint density at radius 1 is 1.10 bits per heavy atom. The topological polar surface area (TPSA) is 77.0 Å². The number of pyridine rings is 1. The van der Waals surface area contributed by atoms with Crippen LogP contribution in [0.5, 0.6) is 0 Å². The van der Waals surface area contributed by atoms with Crippen molar-refractivity contribution in [2.24, 2.45) is 17.6 Å². The van der Waals surface area contributed by atoms with Gasteiger partial charge >= 0.3 is 0 Å². The third kappa shape index (κ3) is 4.17. The summed E-state index contributed by atoms with van der Waals surface area (Å²) in [6, 6.07) is 12.3. The van der Waals surface area contributed by atoms with Crippen molar-refractivity contribution in [3.63, 3.8) is 0 Å². The van der Waals surface area contributed by atoms with E-state index in [4.69, 9.17) is 5.73 Å². The van der Waals surface area contributed by atoms with Crippen molar-refractivity contribution in [3.05, 3.63) is 60.0 Å². The molecule has 5 rings (SSSR count). The van der Waals surface area contributed by atoms with Crippen LogP contribution in [0.3, 0.4) is 0 Å². The Bertz CT molecular complexity index is 1010. The van der Waals surface area contributed by atoms with Gasteiger partial charge in [0.05, 0.1) is 18.4 Å². The van der Waals surface area contributed by atoms with Crippen LogP contribution in [0.4, 0.5) is 0 Å². The number of nitrogens with two attached hydrogens (primary N) is 1. The molecule has 1 amide bonds. The summed E-state index contributed by atoms with van der Waals surface area (Å²) in [6.07, 6.45) is 6.92. The molecule has 0 bridgehead atoms. The molecule has 8 heteroatoms. The smallest absolute Gasteiger partial charge is 0.255 e. The highest BCUT2D eigenvalue weighted by atomic mass is 35.5. The number of imidazole rings is 1. The van der Waals surface area contributed by atoms with Gasteiger partial charge in [-0.05, 0) is 36.3 Å². The van der Waals surface area contributed by atoms with E-state index in [2.05, 4.69) is 22.1 Å². The number of fused-ring (bicyclic) bond motifs is 2. The second kappa shape index (κ2) is 9.33. The lowest BCUT2D eigenvalue weighted by Gasteiger charge is -2.29. The summed E-state index contributed by atoms with van der Waals surface area (Å²) in [5, 5.41) is 0. The van der Waals surface area contributed by atoms with Crippen molar-refractivity contribution in [2.45, 2.75) is 31.8 Å². The van der Waals surface area contributed by atoms with Crippen LogP contribution in [0.25, 0.3) is 11.2 Å². The van der Waals surface area contributed by atoms with E-state index in [1.54, 1.807) is 12.5 Å². The summed E-state index contributed by atoms with van der Waals surface area (Å²) in [5.74, 6) is 1.04. The van der Waals surface area contributed by atoms with Gasteiger partial charge in [0.2, 0.25) is 0 Å². The van der Waals surface area contributed by atoms with Crippen molar-refractivity contribution in [3.8, 4) is 0 Å². The van der Waals surface area contributed by atoms with Crippen LogP contribution in [0.1, 0.15) is 35.2 Å². The predicted octanol–water partition coefficient (Wildman–Crippen LogP) is 3.52. The van der Waals surface area contributed by atoms with Crippen LogP contribution in [0, 0.1) is 11.8 Å². The van der Waals surface area contributed by atoms with Crippen LogP contribution in [0.15, 0.2) is 48.9 Å². The molecule has 3 aromatic rings. The molecule has 2 aliphatic rings. The lowest BCUT2D eigenvalue weighted by atomic mass is 9.78. The Hall–Kier alpha value is -2.15. The molecule has 3 atom stereocenters. The fourth-order valence-corrected chi connectivity index (χ4v) is 4.83. The molecule has 30 heavy (non-hydrogen) atoms. The van der Waals surface area contributed by atoms with Gasteiger partial charge in [0.1, 0.15) is 5.52 Å². The second-order valence-electron chi connectivity index (χ2n) is 8.15. The molecule has 2 fully saturated rings. The van der Waals surface area contributed by atoms with Gasteiger partial charge in [-0.3, -0.25) is 4.79 Å². The average molecular weight is 448 g/mol. The Balaban J connectivity index is 0.00000128. The molecule has 1 aromatic carbocycles. The third-order valence-electron chi connectivity index (χ3n) is 6.34. The van der Waals surface area contributed by atoms with Crippen molar-refractivity contribution >= 4 is 41.9 Å². The zero-order chi connectivity index (χ0) is 19.1. The highest BCUT2D eigenvalue weighted by molar-refractivity contribution is 5.96. The lowest BCUT2D eigenvalue weighted by Crippen LogP contribution is -2.38. The number of hydrogen-bond donors (Lipinski definition) is 1. The van der Waals surface area contributed by atoms with Gasteiger partial charge in [-0.1, -0.05) is 36.8 Å². The van der Waals surface area contributed by atoms with Gasteiger partial charge in [0, 0.05) is 25.3 Å². The number of likely N-dealkylation sites (tertiary alicyclic amines) is 1. The minimum atomic E-state index is 0. The summed E-state index contributed by atoms with van der Waals surface area (Å²) in [6.45, 7) is 2.30. The minimum absolute atomic E-state index is 0. The van der Waals surface area contributed by atoms with E-state index in [0.29, 0.717) is 23.9 Å². The molecule has 2 aromatic heterocycles. The number of halogens is 2. The fraction of sp³-hybridized carbons (Fsp3) is 0.409. The first-order chi connectivity index (χ1) is 13.7. The molecule has 0 unspecified atom stereocenters. The average Bonchev–Trinajstić information content (AvgIpc) is 3.33. The first-order valence-corrected chi connectivity index (χ1v) is 10.1. The van der Waals surface area contributed by atoms with Gasteiger partial charge < -0.3 is 15.2 Å². The van der Waals surface area contributed by atoms with E-state index in [9.17, 15) is 4.79 Å². The van der Waals surface area contributed by atoms with E-state index in [0.717, 1.165) is 30.7 Å². The lowest BCUT2D eigenvalue weighted by molar-refractivity contribution is 0.0783. The molecule has 1 aliphatic carbocycles. The number of carbonyl (C=O) groups excluding carboxylic acids is 1.